The van der Waals surface area contributed by atoms with E-state index in [4.69, 9.17) is 23.7 Å². The quantitative estimate of drug-likeness (QED) is 0.131. The van der Waals surface area contributed by atoms with Gasteiger partial charge < -0.3 is 28.8 Å². The molecule has 2 saturated carbocycles. The molecule has 0 bridgehead atoms. The lowest BCUT2D eigenvalue weighted by Gasteiger charge is -2.48. The summed E-state index contributed by atoms with van der Waals surface area (Å²) >= 11 is 0. The van der Waals surface area contributed by atoms with Crippen LogP contribution in [0.25, 0.3) is 0 Å². The second-order valence-corrected chi connectivity index (χ2v) is 15.8. The maximum atomic E-state index is 10.0. The Morgan fingerprint density at radius 2 is 0.907 bits per heavy atom. The lowest BCUT2D eigenvalue weighted by Crippen LogP contribution is -2.62. The Kier molecular flexibility index (Phi) is 14.8. The molecule has 9 unspecified atom stereocenters. The maximum absolute atomic E-state index is 10.0. The molecule has 288 valence electrons. The fraction of sp³-hybridized carbons (Fsp3) is 0.500. The van der Waals surface area contributed by atoms with Crippen molar-refractivity contribution in [3.05, 3.63) is 144 Å². The molecular weight excluding hydrogens is 673 g/mol. The Labute approximate surface area is 323 Å². The predicted octanol–water partition coefficient (Wildman–Crippen LogP) is 9.72. The molecule has 9 atom stereocenters. The number of hydrogen-bond acceptors (Lipinski definition) is 6. The average Bonchev–Trinajstić information content (AvgIpc) is 3.90. The normalized spacial score (nSPS) is 29.0. The van der Waals surface area contributed by atoms with Gasteiger partial charge in [-0.3, -0.25) is 0 Å². The Morgan fingerprint density at radius 3 is 1.43 bits per heavy atom. The molecule has 1 saturated heterocycles. The smallest absolute Gasteiger partial charge is 0.115 e. The molecule has 4 aromatic carbocycles. The average molecular weight is 733 g/mol. The molecule has 2 aliphatic carbocycles. The van der Waals surface area contributed by atoms with E-state index in [1.165, 1.54) is 32.1 Å². The third-order valence-corrected chi connectivity index (χ3v) is 12.1. The molecule has 1 aliphatic heterocycles. The lowest BCUT2D eigenvalue weighted by atomic mass is 9.81. The molecule has 4 aromatic rings. The highest BCUT2D eigenvalue weighted by Crippen LogP contribution is 2.52. The first kappa shape index (κ1) is 38.9. The summed E-state index contributed by atoms with van der Waals surface area (Å²) < 4.78 is 34.9. The largest absolute Gasteiger partial charge is 0.396 e. The number of aliphatic hydroxyl groups excluding tert-OH is 1. The van der Waals surface area contributed by atoms with Crippen molar-refractivity contribution >= 4 is 0 Å². The summed E-state index contributed by atoms with van der Waals surface area (Å²) in [7, 11) is 0. The van der Waals surface area contributed by atoms with E-state index in [2.05, 4.69) is 97.1 Å². The molecule has 0 amide bonds. The van der Waals surface area contributed by atoms with Gasteiger partial charge in [0.1, 0.15) is 24.4 Å². The topological polar surface area (TPSA) is 66.4 Å². The number of aliphatic hydroxyl groups is 1. The minimum absolute atomic E-state index is 0.182. The van der Waals surface area contributed by atoms with Crippen molar-refractivity contribution in [3.63, 3.8) is 0 Å². The van der Waals surface area contributed by atoms with Gasteiger partial charge in [-0.05, 0) is 71.6 Å². The minimum Gasteiger partial charge on any atom is -0.396 e. The van der Waals surface area contributed by atoms with Crippen LogP contribution in [0, 0.1) is 23.7 Å². The summed E-state index contributed by atoms with van der Waals surface area (Å²) in [6.07, 6.45) is 8.90. The van der Waals surface area contributed by atoms with E-state index < -0.39 is 6.10 Å². The highest BCUT2D eigenvalue weighted by Gasteiger charge is 2.51. The van der Waals surface area contributed by atoms with Crippen LogP contribution in [0.2, 0.25) is 0 Å². The van der Waals surface area contributed by atoms with Gasteiger partial charge in [0.15, 0.2) is 0 Å². The van der Waals surface area contributed by atoms with E-state index in [0.29, 0.717) is 57.4 Å². The summed E-state index contributed by atoms with van der Waals surface area (Å²) in [5, 5.41) is 10.0. The van der Waals surface area contributed by atoms with Crippen molar-refractivity contribution in [2.24, 2.45) is 23.7 Å². The first-order chi connectivity index (χ1) is 26.8. The van der Waals surface area contributed by atoms with E-state index >= 15 is 0 Å². The van der Waals surface area contributed by atoms with Crippen molar-refractivity contribution < 1.29 is 28.8 Å². The van der Waals surface area contributed by atoms with Crippen LogP contribution < -0.4 is 0 Å². The summed E-state index contributed by atoms with van der Waals surface area (Å²) in [5.74, 6) is 2.26. The van der Waals surface area contributed by atoms with E-state index in [0.717, 1.165) is 53.9 Å². The Bertz CT molecular complexity index is 1600. The molecule has 0 aromatic heterocycles. The van der Waals surface area contributed by atoms with Gasteiger partial charge in [0.05, 0.1) is 39.1 Å². The molecule has 6 heteroatoms. The highest BCUT2D eigenvalue weighted by atomic mass is 16.6. The molecule has 0 radical (unpaired) electrons. The summed E-state index contributed by atoms with van der Waals surface area (Å²) in [4.78, 5) is 0. The molecule has 0 spiro atoms. The number of fused-ring (bicyclic) bond motifs is 1. The molecule has 3 aliphatic rings. The van der Waals surface area contributed by atoms with Crippen molar-refractivity contribution in [1.82, 2.24) is 0 Å². The summed E-state index contributed by atoms with van der Waals surface area (Å²) in [6, 6.07) is 41.6. The first-order valence-corrected chi connectivity index (χ1v) is 20.6. The minimum atomic E-state index is -0.421. The molecule has 6 nitrogen and oxygen atoms in total. The van der Waals surface area contributed by atoms with Gasteiger partial charge in [0.25, 0.3) is 0 Å². The van der Waals surface area contributed by atoms with Crippen LogP contribution in [0.1, 0.15) is 80.0 Å². The highest BCUT2D eigenvalue weighted by molar-refractivity contribution is 5.17. The Balaban J connectivity index is 1.19. The Morgan fingerprint density at radius 1 is 0.481 bits per heavy atom. The van der Waals surface area contributed by atoms with Gasteiger partial charge in [0.2, 0.25) is 0 Å². The van der Waals surface area contributed by atoms with Gasteiger partial charge >= 0.3 is 0 Å². The number of hydrogen-bond donors (Lipinski definition) is 1. The number of ether oxygens (including phenoxy) is 5. The Hall–Kier alpha value is -3.36. The molecule has 1 heterocycles. The summed E-state index contributed by atoms with van der Waals surface area (Å²) in [6.45, 7) is 2.59. The molecular formula is C48H60O6. The first-order valence-electron chi connectivity index (χ1n) is 20.6. The fourth-order valence-electron chi connectivity index (χ4n) is 9.08. The number of benzene rings is 4. The lowest BCUT2D eigenvalue weighted by molar-refractivity contribution is -0.282. The molecule has 1 N–H and O–H groups in total. The van der Waals surface area contributed by atoms with Crippen LogP contribution in [-0.2, 0) is 50.1 Å². The SMILES string of the molecule is OCC1C2CCCCCC(C3OC(COCc4ccccc4)C(OCc4ccccc4)C(OCc4ccccc4)C3OCc3ccccc3)CCCCC12. The van der Waals surface area contributed by atoms with E-state index in [1.807, 2.05) is 24.3 Å². The van der Waals surface area contributed by atoms with Gasteiger partial charge in [-0.15, -0.1) is 0 Å². The number of rotatable bonds is 15. The maximum Gasteiger partial charge on any atom is 0.115 e. The van der Waals surface area contributed by atoms with Crippen molar-refractivity contribution in [2.75, 3.05) is 13.2 Å². The zero-order valence-electron chi connectivity index (χ0n) is 31.8. The molecule has 3 fully saturated rings. The van der Waals surface area contributed by atoms with Gasteiger partial charge in [-0.25, -0.2) is 0 Å². The van der Waals surface area contributed by atoms with Gasteiger partial charge in [0, 0.05) is 6.61 Å². The second kappa shape index (κ2) is 20.5. The van der Waals surface area contributed by atoms with E-state index in [9.17, 15) is 5.11 Å². The predicted molar refractivity (Wildman–Crippen MR) is 212 cm³/mol. The van der Waals surface area contributed by atoms with Crippen LogP contribution in [-0.4, -0.2) is 48.8 Å². The van der Waals surface area contributed by atoms with Crippen molar-refractivity contribution in [2.45, 2.75) is 115 Å². The standard InChI is InChI=1S/C48H60O6/c49-30-43-41-28-15-5-14-26-40(27-16-17-29-42(41)43)45-47(52-33-38-22-10-3-11-23-38)48(53-34-39-24-12-4-13-25-39)46(51-32-37-20-8-2-9-21-37)44(54-45)35-50-31-36-18-6-1-7-19-36/h1-4,6-13,18-25,40-49H,5,14-17,26-35H2. The third-order valence-electron chi connectivity index (χ3n) is 12.1. The van der Waals surface area contributed by atoms with Crippen molar-refractivity contribution in [3.8, 4) is 0 Å². The van der Waals surface area contributed by atoms with Crippen LogP contribution in [0.15, 0.2) is 121 Å². The van der Waals surface area contributed by atoms with Crippen LogP contribution >= 0.6 is 0 Å². The van der Waals surface area contributed by atoms with Crippen LogP contribution in [0.4, 0.5) is 0 Å². The second-order valence-electron chi connectivity index (χ2n) is 15.8. The van der Waals surface area contributed by atoms with Crippen LogP contribution in [0.3, 0.4) is 0 Å². The third kappa shape index (κ3) is 10.9. The van der Waals surface area contributed by atoms with E-state index in [-0.39, 0.29) is 24.4 Å². The zero-order valence-corrected chi connectivity index (χ0v) is 31.8. The van der Waals surface area contributed by atoms with Gasteiger partial charge in [-0.1, -0.05) is 153 Å². The molecule has 54 heavy (non-hydrogen) atoms. The molecule has 7 rings (SSSR count). The van der Waals surface area contributed by atoms with Gasteiger partial charge in [-0.2, -0.15) is 0 Å². The zero-order chi connectivity index (χ0) is 36.8. The fourth-order valence-corrected chi connectivity index (χ4v) is 9.08. The van der Waals surface area contributed by atoms with Crippen LogP contribution in [0.5, 0.6) is 0 Å². The monoisotopic (exact) mass is 732 g/mol. The van der Waals surface area contributed by atoms with E-state index in [1.54, 1.807) is 0 Å². The summed E-state index contributed by atoms with van der Waals surface area (Å²) in [5.41, 5.74) is 4.48. The van der Waals surface area contributed by atoms with Crippen molar-refractivity contribution in [1.29, 1.82) is 0 Å².